The minimum atomic E-state index is -0.515. The van der Waals surface area contributed by atoms with Crippen LogP contribution in [0.2, 0.25) is 0 Å². The third-order valence-electron chi connectivity index (χ3n) is 4.75. The Balaban J connectivity index is 1.62. The molecule has 0 aliphatic heterocycles. The largest absolute Gasteiger partial charge is 0.389 e. The number of fused-ring (bicyclic) bond motifs is 1. The summed E-state index contributed by atoms with van der Waals surface area (Å²) < 4.78 is 0. The Hall–Kier alpha value is -1.45. The molecule has 3 nitrogen and oxygen atoms in total. The summed E-state index contributed by atoms with van der Waals surface area (Å²) in [5, 5.41) is 16.5. The molecular formula is C18H24N2O. The van der Waals surface area contributed by atoms with Crippen LogP contribution in [0, 0.1) is 5.92 Å². The zero-order valence-electron chi connectivity index (χ0n) is 12.7. The zero-order valence-corrected chi connectivity index (χ0v) is 12.7. The molecule has 21 heavy (non-hydrogen) atoms. The molecule has 3 rings (SSSR count). The first-order chi connectivity index (χ1) is 10.2. The lowest BCUT2D eigenvalue weighted by atomic mass is 9.79. The third-order valence-corrected chi connectivity index (χ3v) is 4.75. The molecule has 0 amide bonds. The molecule has 1 heterocycles. The Morgan fingerprint density at radius 3 is 2.90 bits per heavy atom. The second-order valence-corrected chi connectivity index (χ2v) is 6.52. The van der Waals surface area contributed by atoms with Gasteiger partial charge in [0.25, 0.3) is 0 Å². The molecule has 0 saturated heterocycles. The number of benzene rings is 1. The van der Waals surface area contributed by atoms with Gasteiger partial charge < -0.3 is 10.4 Å². The second-order valence-electron chi connectivity index (χ2n) is 6.52. The van der Waals surface area contributed by atoms with Gasteiger partial charge in [-0.2, -0.15) is 0 Å². The highest BCUT2D eigenvalue weighted by molar-refractivity contribution is 5.84. The fraction of sp³-hybridized carbons (Fsp3) is 0.500. The Morgan fingerprint density at radius 1 is 1.29 bits per heavy atom. The van der Waals surface area contributed by atoms with Crippen molar-refractivity contribution in [3.63, 3.8) is 0 Å². The number of aromatic nitrogens is 1. The molecule has 1 aliphatic rings. The summed E-state index contributed by atoms with van der Waals surface area (Å²) in [6.45, 7) is 3.75. The summed E-state index contributed by atoms with van der Waals surface area (Å²) in [4.78, 5) is 4.17. The number of hydrogen-bond acceptors (Lipinski definition) is 3. The number of nitrogens with one attached hydrogen (secondary N) is 1. The standard InChI is InChI=1S/C18H24N2O/c1-14-5-8-18(21,9-6-14)13-20-12-16-4-2-3-15-11-19-10-7-17(15)16/h2-4,7,10-11,14,20-21H,5-6,8-9,12-13H2,1H3. The molecule has 2 aromatic rings. The Labute approximate surface area is 126 Å². The van der Waals surface area contributed by atoms with Gasteiger partial charge in [-0.05, 0) is 48.6 Å². The Bertz CT molecular complexity index is 598. The maximum Gasteiger partial charge on any atom is 0.0771 e. The van der Waals surface area contributed by atoms with E-state index in [2.05, 4.69) is 41.5 Å². The predicted octanol–water partition coefficient (Wildman–Crippen LogP) is 3.27. The maximum absolute atomic E-state index is 10.6. The van der Waals surface area contributed by atoms with E-state index in [1.165, 1.54) is 16.3 Å². The van der Waals surface area contributed by atoms with Crippen LogP contribution >= 0.6 is 0 Å². The van der Waals surface area contributed by atoms with E-state index in [-0.39, 0.29) is 0 Å². The van der Waals surface area contributed by atoms with Crippen LogP contribution in [0.4, 0.5) is 0 Å². The van der Waals surface area contributed by atoms with Crippen molar-refractivity contribution in [2.75, 3.05) is 6.54 Å². The van der Waals surface area contributed by atoms with E-state index in [0.29, 0.717) is 6.54 Å². The summed E-state index contributed by atoms with van der Waals surface area (Å²) in [5.74, 6) is 0.760. The molecule has 0 unspecified atom stereocenters. The van der Waals surface area contributed by atoms with Crippen molar-refractivity contribution in [2.45, 2.75) is 44.8 Å². The summed E-state index contributed by atoms with van der Waals surface area (Å²) in [5.41, 5.74) is 0.751. The Kier molecular flexibility index (Phi) is 4.22. The van der Waals surface area contributed by atoms with Crippen LogP contribution in [0.1, 0.15) is 38.2 Å². The van der Waals surface area contributed by atoms with Crippen LogP contribution in [-0.4, -0.2) is 22.2 Å². The molecule has 0 atom stereocenters. The highest BCUT2D eigenvalue weighted by atomic mass is 16.3. The van der Waals surface area contributed by atoms with Crippen LogP contribution in [0.5, 0.6) is 0 Å². The topological polar surface area (TPSA) is 45.1 Å². The quantitative estimate of drug-likeness (QED) is 0.905. The van der Waals surface area contributed by atoms with E-state index >= 15 is 0 Å². The van der Waals surface area contributed by atoms with E-state index in [1.54, 1.807) is 0 Å². The summed E-state index contributed by atoms with van der Waals surface area (Å²) in [6, 6.07) is 8.35. The van der Waals surface area contributed by atoms with Gasteiger partial charge in [-0.15, -0.1) is 0 Å². The van der Waals surface area contributed by atoms with Crippen molar-refractivity contribution in [3.8, 4) is 0 Å². The van der Waals surface area contributed by atoms with Gasteiger partial charge in [0.1, 0.15) is 0 Å². The molecule has 1 aromatic carbocycles. The summed E-state index contributed by atoms with van der Waals surface area (Å²) >= 11 is 0. The van der Waals surface area contributed by atoms with Crippen LogP contribution in [0.15, 0.2) is 36.7 Å². The minimum absolute atomic E-state index is 0.515. The molecule has 0 radical (unpaired) electrons. The van der Waals surface area contributed by atoms with Crippen molar-refractivity contribution >= 4 is 10.8 Å². The van der Waals surface area contributed by atoms with Crippen molar-refractivity contribution in [3.05, 3.63) is 42.2 Å². The molecule has 1 aliphatic carbocycles. The molecular weight excluding hydrogens is 260 g/mol. The van der Waals surface area contributed by atoms with E-state index < -0.39 is 5.60 Å². The first kappa shape index (κ1) is 14.5. The van der Waals surface area contributed by atoms with Crippen LogP contribution < -0.4 is 5.32 Å². The normalized spacial score (nSPS) is 26.1. The molecule has 3 heteroatoms. The molecule has 0 bridgehead atoms. The third kappa shape index (κ3) is 3.42. The Morgan fingerprint density at radius 2 is 2.10 bits per heavy atom. The number of hydrogen-bond donors (Lipinski definition) is 2. The second kappa shape index (κ2) is 6.12. The van der Waals surface area contributed by atoms with E-state index in [4.69, 9.17) is 0 Å². The summed E-state index contributed by atoms with van der Waals surface area (Å²) in [7, 11) is 0. The molecule has 1 fully saturated rings. The van der Waals surface area contributed by atoms with E-state index in [0.717, 1.165) is 38.1 Å². The van der Waals surface area contributed by atoms with Gasteiger partial charge in [0.05, 0.1) is 5.60 Å². The lowest BCUT2D eigenvalue weighted by molar-refractivity contribution is -0.00628. The van der Waals surface area contributed by atoms with Gasteiger partial charge in [-0.3, -0.25) is 4.98 Å². The van der Waals surface area contributed by atoms with Crippen LogP contribution in [0.25, 0.3) is 10.8 Å². The molecule has 1 aromatic heterocycles. The average Bonchev–Trinajstić information content (AvgIpc) is 2.51. The van der Waals surface area contributed by atoms with Gasteiger partial charge in [-0.1, -0.05) is 25.1 Å². The highest BCUT2D eigenvalue weighted by Crippen LogP contribution is 2.31. The lowest BCUT2D eigenvalue weighted by Crippen LogP contribution is -2.43. The zero-order chi connectivity index (χ0) is 14.7. The van der Waals surface area contributed by atoms with E-state index in [1.807, 2.05) is 12.4 Å². The molecule has 0 spiro atoms. The van der Waals surface area contributed by atoms with Gasteiger partial charge in [0.2, 0.25) is 0 Å². The van der Waals surface area contributed by atoms with Crippen LogP contribution in [-0.2, 0) is 6.54 Å². The predicted molar refractivity (Wildman–Crippen MR) is 86.0 cm³/mol. The maximum atomic E-state index is 10.6. The van der Waals surface area contributed by atoms with Crippen molar-refractivity contribution < 1.29 is 5.11 Å². The van der Waals surface area contributed by atoms with Crippen molar-refractivity contribution in [1.29, 1.82) is 0 Å². The smallest absolute Gasteiger partial charge is 0.0771 e. The molecule has 1 saturated carbocycles. The number of rotatable bonds is 4. The summed E-state index contributed by atoms with van der Waals surface area (Å²) in [6.07, 6.45) is 7.84. The average molecular weight is 284 g/mol. The molecule has 2 N–H and O–H groups in total. The van der Waals surface area contributed by atoms with Crippen molar-refractivity contribution in [2.24, 2.45) is 5.92 Å². The number of nitrogens with zero attached hydrogens (tertiary/aromatic N) is 1. The highest BCUT2D eigenvalue weighted by Gasteiger charge is 2.31. The number of aliphatic hydroxyl groups is 1. The monoisotopic (exact) mass is 284 g/mol. The van der Waals surface area contributed by atoms with Gasteiger partial charge in [0.15, 0.2) is 0 Å². The lowest BCUT2D eigenvalue weighted by Gasteiger charge is -2.35. The van der Waals surface area contributed by atoms with Crippen LogP contribution in [0.3, 0.4) is 0 Å². The fourth-order valence-corrected chi connectivity index (χ4v) is 3.25. The van der Waals surface area contributed by atoms with Gasteiger partial charge >= 0.3 is 0 Å². The molecule has 112 valence electrons. The SMILES string of the molecule is CC1CCC(O)(CNCc2cccc3cnccc23)CC1. The van der Waals surface area contributed by atoms with E-state index in [9.17, 15) is 5.11 Å². The first-order valence-electron chi connectivity index (χ1n) is 7.91. The van der Waals surface area contributed by atoms with Gasteiger partial charge in [-0.25, -0.2) is 0 Å². The van der Waals surface area contributed by atoms with Crippen molar-refractivity contribution in [1.82, 2.24) is 10.3 Å². The van der Waals surface area contributed by atoms with Gasteiger partial charge in [0, 0.05) is 30.9 Å². The first-order valence-corrected chi connectivity index (χ1v) is 7.91. The number of pyridine rings is 1. The minimum Gasteiger partial charge on any atom is -0.389 e. The fourth-order valence-electron chi connectivity index (χ4n) is 3.25.